The van der Waals surface area contributed by atoms with Gasteiger partial charge in [0, 0.05) is 183 Å². The fourth-order valence-corrected chi connectivity index (χ4v) is 12.3. The van der Waals surface area contributed by atoms with Crippen LogP contribution in [0.5, 0.6) is 57.5 Å². The molecule has 0 aliphatic carbocycles. The van der Waals surface area contributed by atoms with Gasteiger partial charge in [-0.3, -0.25) is 73.8 Å². The summed E-state index contributed by atoms with van der Waals surface area (Å²) in [5.74, 6) is 3.19. The molecule has 25 nitrogen and oxygen atoms in total. The van der Waals surface area contributed by atoms with E-state index in [-0.39, 0.29) is 72.5 Å². The summed E-state index contributed by atoms with van der Waals surface area (Å²) in [4.78, 5) is 126. The van der Waals surface area contributed by atoms with Crippen molar-refractivity contribution in [2.45, 2.75) is 134 Å². The molecule has 15 rings (SSSR count). The Bertz CT molecular complexity index is 6400. The summed E-state index contributed by atoms with van der Waals surface area (Å²) in [6.45, 7) is 23.0. The van der Waals surface area contributed by atoms with Crippen LogP contribution in [-0.4, -0.2) is 104 Å². The van der Waals surface area contributed by atoms with Gasteiger partial charge in [-0.25, -0.2) is 33.7 Å². The molecular weight excluding hydrogens is 1640 g/mol. The van der Waals surface area contributed by atoms with Crippen molar-refractivity contribution in [3.8, 4) is 57.5 Å². The summed E-state index contributed by atoms with van der Waals surface area (Å²) in [7, 11) is 0. The fourth-order valence-electron chi connectivity index (χ4n) is 12.1. The van der Waals surface area contributed by atoms with E-state index in [0.29, 0.717) is 133 Å². The maximum atomic E-state index is 13.3. The lowest BCUT2D eigenvalue weighted by Crippen LogP contribution is -2.09. The van der Waals surface area contributed by atoms with Gasteiger partial charge in [-0.05, 0) is 165 Å². The lowest BCUT2D eigenvalue weighted by Gasteiger charge is -2.09. The molecule has 15 heterocycles. The second kappa shape index (κ2) is 45.9. The molecule has 0 fully saturated rings. The van der Waals surface area contributed by atoms with Crippen LogP contribution < -0.4 is 23.7 Å². The van der Waals surface area contributed by atoms with E-state index in [9.17, 15) is 32.8 Å². The highest BCUT2D eigenvalue weighted by atomic mass is 35.5. The number of aromatic nitrogens is 15. The van der Waals surface area contributed by atoms with Gasteiger partial charge in [0.25, 0.3) is 0 Å². The highest BCUT2D eigenvalue weighted by Gasteiger charge is 2.20. The van der Waals surface area contributed by atoms with Gasteiger partial charge in [-0.15, -0.1) is 0 Å². The number of aryl methyl sites for hydroxylation is 12. The molecule has 0 unspecified atom stereocenters. The third-order valence-electron chi connectivity index (χ3n) is 18.6. The number of hydrogen-bond donors (Lipinski definition) is 0. The average Bonchev–Trinajstić information content (AvgIpc) is 0.838. The number of nitrogens with zero attached hydrogens (tertiary/aromatic N) is 15. The summed E-state index contributed by atoms with van der Waals surface area (Å²) >= 11 is 5.91. The highest BCUT2D eigenvalue weighted by Crippen LogP contribution is 2.30. The number of ketones is 5. The van der Waals surface area contributed by atoms with Gasteiger partial charge in [-0.1, -0.05) is 62.7 Å². The molecule has 28 heteroatoms. The van der Waals surface area contributed by atoms with E-state index in [0.717, 1.165) is 74.6 Å². The minimum Gasteiger partial charge on any atom is -0.456 e. The molecule has 0 saturated heterocycles. The molecule has 0 atom stereocenters. The first-order valence-electron chi connectivity index (χ1n) is 40.9. The van der Waals surface area contributed by atoms with Crippen molar-refractivity contribution in [1.82, 2.24) is 74.8 Å². The van der Waals surface area contributed by atoms with Crippen molar-refractivity contribution >= 4 is 40.5 Å². The first-order chi connectivity index (χ1) is 61.6. The van der Waals surface area contributed by atoms with E-state index in [1.54, 1.807) is 104 Å². The molecule has 0 aliphatic rings. The Kier molecular flexibility index (Phi) is 33.5. The second-order valence-electron chi connectivity index (χ2n) is 29.5. The summed E-state index contributed by atoms with van der Waals surface area (Å²) < 4.78 is 55.2. The Labute approximate surface area is 745 Å². The molecule has 15 aromatic rings. The Morgan fingerprint density at radius 3 is 1.02 bits per heavy atom. The minimum absolute atomic E-state index is 0.0768. The maximum absolute atomic E-state index is 13.3. The molecule has 0 amide bonds. The third-order valence-corrected chi connectivity index (χ3v) is 18.8. The van der Waals surface area contributed by atoms with Gasteiger partial charge < -0.3 is 23.7 Å². The number of carbonyl (C=O) groups is 5. The molecule has 0 bridgehead atoms. The maximum Gasteiger partial charge on any atom is 0.187 e. The zero-order valence-corrected chi connectivity index (χ0v) is 73.4. The predicted octanol–water partition coefficient (Wildman–Crippen LogP) is 20.8. The molecule has 648 valence electrons. The van der Waals surface area contributed by atoms with Crippen molar-refractivity contribution < 1.29 is 56.4 Å². The van der Waals surface area contributed by atoms with E-state index in [1.165, 1.54) is 30.7 Å². The quantitative estimate of drug-likeness (QED) is 0.0411. The predicted molar refractivity (Wildman–Crippen MR) is 480 cm³/mol. The first-order valence-corrected chi connectivity index (χ1v) is 41.3. The summed E-state index contributed by atoms with van der Waals surface area (Å²) in [5, 5.41) is 0.477. The van der Waals surface area contributed by atoms with Gasteiger partial charge in [0.15, 0.2) is 28.9 Å². The molecular formula is C100H92ClF2N15O10. The smallest absolute Gasteiger partial charge is 0.187 e. The van der Waals surface area contributed by atoms with Gasteiger partial charge in [0.05, 0.1) is 80.5 Å². The Morgan fingerprint density at radius 2 is 0.656 bits per heavy atom. The largest absolute Gasteiger partial charge is 0.456 e. The molecule has 0 aliphatic heterocycles. The van der Waals surface area contributed by atoms with Crippen LogP contribution in [0.4, 0.5) is 8.78 Å². The van der Waals surface area contributed by atoms with Crippen LogP contribution in [0.15, 0.2) is 244 Å². The Morgan fingerprint density at radius 1 is 0.281 bits per heavy atom. The van der Waals surface area contributed by atoms with E-state index in [1.807, 2.05) is 180 Å². The Balaban J connectivity index is 0.000000155. The third kappa shape index (κ3) is 29.8. The second-order valence-corrected chi connectivity index (χ2v) is 29.9. The number of ether oxygens (including phenoxy) is 5. The molecule has 0 saturated carbocycles. The van der Waals surface area contributed by atoms with Crippen LogP contribution in [0.2, 0.25) is 5.02 Å². The summed E-state index contributed by atoms with van der Waals surface area (Å²) in [6.07, 6.45) is 19.5. The lowest BCUT2D eigenvalue weighted by molar-refractivity contribution is 0.0978. The zero-order chi connectivity index (χ0) is 91.2. The fraction of sp³-hybridized carbons (Fsp3) is 0.200. The van der Waals surface area contributed by atoms with Crippen LogP contribution >= 0.6 is 11.6 Å². The zero-order valence-electron chi connectivity index (χ0n) is 72.7. The van der Waals surface area contributed by atoms with Gasteiger partial charge in [0.1, 0.15) is 97.6 Å². The number of rotatable bonds is 28. The highest BCUT2D eigenvalue weighted by molar-refractivity contribution is 6.30. The minimum atomic E-state index is -0.492. The molecule has 0 N–H and O–H groups in total. The number of halogens is 3. The van der Waals surface area contributed by atoms with Crippen molar-refractivity contribution in [2.24, 2.45) is 0 Å². The van der Waals surface area contributed by atoms with Crippen LogP contribution in [0.25, 0.3) is 0 Å². The number of hydrogen-bond acceptors (Lipinski definition) is 25. The van der Waals surface area contributed by atoms with Crippen molar-refractivity contribution in [3.05, 3.63) is 386 Å². The molecule has 128 heavy (non-hydrogen) atoms. The van der Waals surface area contributed by atoms with Crippen LogP contribution in [0.1, 0.15) is 170 Å². The molecule has 0 aromatic carbocycles. The summed E-state index contributed by atoms with van der Waals surface area (Å²) in [5.41, 5.74) is 15.7. The van der Waals surface area contributed by atoms with E-state index < -0.39 is 11.6 Å². The van der Waals surface area contributed by atoms with Gasteiger partial charge in [-0.2, -0.15) is 0 Å². The molecule has 15 aromatic heterocycles. The van der Waals surface area contributed by atoms with Crippen LogP contribution in [-0.2, 0) is 51.4 Å². The standard InChI is InChI=1S/C21H21N3O2.2C20H18FN3O2.C20H19N3O2.C19H16ClN3O2/c1-4-16-10-19(26-18-6-5-9-22-13-18)12-20(24-16)21(25)11-17-8-7-14(2)15(3)23-17;1-3-15-7-17(26-18-6-14(21)11-22-12-18)9-19(24-15)20(25)8-16-5-4-13(2)10-23-16;1-3-15-8-17(26-18-7-14(21)11-22-12-18)10-19(24-15)20(25)9-16-6-4-5-13(2)23-16;1-13-7-8-17(12-21-13)25-18-9-15(3)23-19(11-18)20(24)10-16-6-4-5-14(2)22-16;1-12-3-4-15(22-9-12)7-19(24)18-8-16(5-13(2)23-18)25-17-6-14(20)10-21-11-17/h5-10,12-13H,4,11H2,1-3H3;4-7,9-12H,3,8H2,1-2H3;4-8,10-12H,3,9H2,1-2H3;4-9,11-12H,10H2,1-3H3;3-6,8-11H,7H2,1-2H3. The topological polar surface area (TPSA) is 325 Å². The van der Waals surface area contributed by atoms with Crippen LogP contribution in [0.3, 0.4) is 0 Å². The summed E-state index contributed by atoms with van der Waals surface area (Å²) in [6, 6.07) is 51.0. The monoisotopic (exact) mass is 1740 g/mol. The van der Waals surface area contributed by atoms with Crippen molar-refractivity contribution in [2.75, 3.05) is 0 Å². The van der Waals surface area contributed by atoms with Crippen molar-refractivity contribution in [3.63, 3.8) is 0 Å². The number of carbonyl (C=O) groups excluding carboxylic acids is 5. The number of Topliss-reactive ketones (excluding diaryl/α,β-unsaturated/α-hetero) is 5. The molecule has 0 radical (unpaired) electrons. The first kappa shape index (κ1) is 93.4. The van der Waals surface area contributed by atoms with Gasteiger partial charge in [0.2, 0.25) is 0 Å². The van der Waals surface area contributed by atoms with E-state index in [2.05, 4.69) is 74.8 Å². The van der Waals surface area contributed by atoms with E-state index >= 15 is 0 Å². The Hall–Kier alpha value is -15.3. The van der Waals surface area contributed by atoms with Gasteiger partial charge >= 0.3 is 0 Å². The SMILES string of the molecule is CCc1cc(Oc2cccnc2)cc(C(=O)Cc2ccc(C)c(C)n2)n1.CCc1cc(Oc2cncc(F)c2)cc(C(=O)Cc2ccc(C)cn2)n1.CCc1cc(Oc2cncc(F)c2)cc(C(=O)Cc2cccc(C)n2)n1.Cc1ccc(CC(=O)c2cc(Oc3cncc(Cl)c3)cc(C)n2)nc1.Cc1ccc(Oc2cc(C)nc(C(=O)Cc3cccc(C)n3)c2)cn1. The number of pyridine rings is 15. The average molecular weight is 1740 g/mol. The lowest BCUT2D eigenvalue weighted by atomic mass is 10.1. The molecule has 0 spiro atoms. The van der Waals surface area contributed by atoms with E-state index in [4.69, 9.17) is 35.3 Å². The van der Waals surface area contributed by atoms with Crippen molar-refractivity contribution in [1.29, 1.82) is 0 Å². The normalized spacial score (nSPS) is 10.6. The van der Waals surface area contributed by atoms with Crippen LogP contribution in [0, 0.1) is 73.9 Å².